The number of nitrogens with zero attached hydrogens (tertiary/aromatic N) is 2. The maximum Gasteiger partial charge on any atom is 0.335 e. The van der Waals surface area contributed by atoms with E-state index in [1.165, 1.54) is 0 Å². The molecule has 2 heterocycles. The minimum Gasteiger partial charge on any atom is -0.457 e. The molecule has 8 nitrogen and oxygen atoms in total. The quantitative estimate of drug-likeness (QED) is 0.649. The molecule has 0 saturated heterocycles. The average Bonchev–Trinajstić information content (AvgIpc) is 3.06. The number of benzene rings is 2. The molecule has 0 radical (unpaired) electrons. The van der Waals surface area contributed by atoms with Crippen molar-refractivity contribution in [1.29, 1.82) is 0 Å². The molecule has 0 fully saturated rings. The fraction of sp³-hybridized carbons (Fsp3) is 0.174. The van der Waals surface area contributed by atoms with E-state index in [-0.39, 0.29) is 11.8 Å². The molecule has 0 unspecified atom stereocenters. The van der Waals surface area contributed by atoms with Crippen LogP contribution in [0.2, 0.25) is 0 Å². The summed E-state index contributed by atoms with van der Waals surface area (Å²) in [6.07, 6.45) is 1.68. The van der Waals surface area contributed by atoms with Crippen LogP contribution in [-0.4, -0.2) is 37.2 Å². The fourth-order valence-corrected chi connectivity index (χ4v) is 3.20. The number of fused-ring (bicyclic) bond motifs is 1. The van der Waals surface area contributed by atoms with Crippen molar-refractivity contribution in [3.05, 3.63) is 82.5 Å². The van der Waals surface area contributed by atoms with Crippen molar-refractivity contribution in [1.82, 2.24) is 9.88 Å². The SMILES string of the molecule is Cc1ccc(Oc2cc(C(=O)Nc3ccc(C)cn3)cc3c2CN(C)C3=O)cc1.O=S=O. The topological polar surface area (TPSA) is 106 Å². The van der Waals surface area contributed by atoms with Crippen molar-refractivity contribution in [2.24, 2.45) is 0 Å². The highest BCUT2D eigenvalue weighted by atomic mass is 32.1. The van der Waals surface area contributed by atoms with Gasteiger partial charge in [-0.3, -0.25) is 9.59 Å². The van der Waals surface area contributed by atoms with Crippen LogP contribution < -0.4 is 10.1 Å². The number of carbonyl (C=O) groups is 2. The van der Waals surface area contributed by atoms with Gasteiger partial charge >= 0.3 is 11.6 Å². The van der Waals surface area contributed by atoms with E-state index in [1.807, 2.05) is 44.2 Å². The standard InChI is InChI=1S/C23H21N3O3.O2S/c1-14-4-7-17(8-5-14)29-20-11-16(10-18-19(20)13-26(3)23(18)28)22(27)25-21-9-6-15(2)12-24-21;1-3-2/h4-12H,13H2,1-3H3,(H,24,25,27);. The Morgan fingerprint density at radius 2 is 1.72 bits per heavy atom. The Bertz CT molecular complexity index is 1190. The van der Waals surface area contributed by atoms with Crippen LogP contribution in [0.3, 0.4) is 0 Å². The van der Waals surface area contributed by atoms with Crippen molar-refractivity contribution in [2.75, 3.05) is 12.4 Å². The summed E-state index contributed by atoms with van der Waals surface area (Å²) < 4.78 is 22.6. The molecule has 1 aliphatic heterocycles. The van der Waals surface area contributed by atoms with Crippen LogP contribution in [0.4, 0.5) is 5.82 Å². The third-order valence-electron chi connectivity index (χ3n) is 4.85. The van der Waals surface area contributed by atoms with Crippen LogP contribution >= 0.6 is 0 Å². The molecule has 0 atom stereocenters. The fourth-order valence-electron chi connectivity index (χ4n) is 3.20. The molecular formula is C23H21N3O5S. The molecule has 1 aliphatic rings. The summed E-state index contributed by atoms with van der Waals surface area (Å²) in [6, 6.07) is 14.5. The lowest BCUT2D eigenvalue weighted by Crippen LogP contribution is -2.18. The second kappa shape index (κ2) is 9.97. The Labute approximate surface area is 188 Å². The van der Waals surface area contributed by atoms with Crippen LogP contribution in [0.1, 0.15) is 37.4 Å². The van der Waals surface area contributed by atoms with Gasteiger partial charge < -0.3 is 15.0 Å². The first-order valence-corrected chi connectivity index (χ1v) is 10.3. The molecule has 2 aromatic carbocycles. The number of hydrogen-bond donors (Lipinski definition) is 1. The summed E-state index contributed by atoms with van der Waals surface area (Å²) in [7, 11) is 1.73. The molecule has 1 aromatic heterocycles. The number of nitrogens with one attached hydrogen (secondary N) is 1. The number of hydrogen-bond acceptors (Lipinski definition) is 6. The minimum atomic E-state index is -0.750. The Hall–Kier alpha value is -3.85. The zero-order valence-electron chi connectivity index (χ0n) is 17.7. The third kappa shape index (κ3) is 5.25. The van der Waals surface area contributed by atoms with Crippen molar-refractivity contribution in [3.63, 3.8) is 0 Å². The van der Waals surface area contributed by atoms with Gasteiger partial charge in [0.15, 0.2) is 0 Å². The summed E-state index contributed by atoms with van der Waals surface area (Å²) in [5.74, 6) is 1.13. The Kier molecular flexibility index (Phi) is 7.11. The van der Waals surface area contributed by atoms with E-state index in [2.05, 4.69) is 10.3 Å². The maximum absolute atomic E-state index is 12.8. The predicted octanol–water partition coefficient (Wildman–Crippen LogP) is 3.66. The second-order valence-electron chi connectivity index (χ2n) is 7.32. The third-order valence-corrected chi connectivity index (χ3v) is 4.85. The smallest absolute Gasteiger partial charge is 0.335 e. The molecule has 2 amide bonds. The van der Waals surface area contributed by atoms with Gasteiger partial charge in [-0.15, -0.1) is 0 Å². The van der Waals surface area contributed by atoms with Crippen molar-refractivity contribution in [3.8, 4) is 11.5 Å². The summed E-state index contributed by atoms with van der Waals surface area (Å²) in [6.45, 7) is 4.37. The number of aromatic nitrogens is 1. The molecule has 32 heavy (non-hydrogen) atoms. The molecule has 9 heteroatoms. The van der Waals surface area contributed by atoms with E-state index in [0.717, 1.165) is 16.7 Å². The number of anilines is 1. The van der Waals surface area contributed by atoms with Crippen LogP contribution in [0, 0.1) is 13.8 Å². The van der Waals surface area contributed by atoms with E-state index in [1.54, 1.807) is 36.3 Å². The van der Waals surface area contributed by atoms with Gasteiger partial charge in [-0.1, -0.05) is 23.8 Å². The predicted molar refractivity (Wildman–Crippen MR) is 119 cm³/mol. The van der Waals surface area contributed by atoms with Gasteiger partial charge in [0.2, 0.25) is 0 Å². The van der Waals surface area contributed by atoms with Crippen LogP contribution in [0.15, 0.2) is 54.7 Å². The first-order valence-electron chi connectivity index (χ1n) is 9.65. The van der Waals surface area contributed by atoms with Gasteiger partial charge in [0, 0.05) is 29.9 Å². The lowest BCUT2D eigenvalue weighted by molar-refractivity contribution is 0.0816. The van der Waals surface area contributed by atoms with Gasteiger partial charge in [0.05, 0.1) is 6.54 Å². The van der Waals surface area contributed by atoms with Gasteiger partial charge in [-0.05, 0) is 49.7 Å². The number of amides is 2. The van der Waals surface area contributed by atoms with Crippen LogP contribution in [0.5, 0.6) is 11.5 Å². The second-order valence-corrected chi connectivity index (χ2v) is 7.46. The summed E-state index contributed by atoms with van der Waals surface area (Å²) in [5, 5.41) is 2.77. The largest absolute Gasteiger partial charge is 0.457 e. The van der Waals surface area contributed by atoms with E-state index >= 15 is 0 Å². The summed E-state index contributed by atoms with van der Waals surface area (Å²) in [4.78, 5) is 31.2. The number of pyridine rings is 1. The molecule has 0 saturated carbocycles. The van der Waals surface area contributed by atoms with E-state index in [4.69, 9.17) is 13.2 Å². The summed E-state index contributed by atoms with van der Waals surface area (Å²) in [5.41, 5.74) is 3.73. The van der Waals surface area contributed by atoms with E-state index < -0.39 is 11.6 Å². The van der Waals surface area contributed by atoms with E-state index in [9.17, 15) is 9.59 Å². The Morgan fingerprint density at radius 1 is 1.06 bits per heavy atom. The van der Waals surface area contributed by atoms with Gasteiger partial charge in [0.1, 0.15) is 17.3 Å². The van der Waals surface area contributed by atoms with Gasteiger partial charge in [0.25, 0.3) is 11.8 Å². The Morgan fingerprint density at radius 3 is 2.34 bits per heavy atom. The molecule has 0 aliphatic carbocycles. The first kappa shape index (κ1) is 22.8. The number of aryl methyl sites for hydroxylation is 2. The zero-order chi connectivity index (χ0) is 23.3. The van der Waals surface area contributed by atoms with Crippen molar-refractivity contribution < 1.29 is 22.7 Å². The zero-order valence-corrected chi connectivity index (χ0v) is 18.6. The highest BCUT2D eigenvalue weighted by Crippen LogP contribution is 2.35. The minimum absolute atomic E-state index is 0.128. The molecule has 164 valence electrons. The first-order chi connectivity index (χ1) is 15.3. The summed E-state index contributed by atoms with van der Waals surface area (Å²) >= 11 is -0.750. The average molecular weight is 452 g/mol. The van der Waals surface area contributed by atoms with Crippen molar-refractivity contribution >= 4 is 29.2 Å². The molecule has 4 rings (SSSR count). The lowest BCUT2D eigenvalue weighted by atomic mass is 10.0. The highest BCUT2D eigenvalue weighted by Gasteiger charge is 2.29. The normalized spacial score (nSPS) is 11.8. The van der Waals surface area contributed by atoms with Gasteiger partial charge in [-0.25, -0.2) is 4.98 Å². The lowest BCUT2D eigenvalue weighted by Gasteiger charge is -2.12. The molecule has 1 N–H and O–H groups in total. The molecular weight excluding hydrogens is 430 g/mol. The van der Waals surface area contributed by atoms with Crippen molar-refractivity contribution in [2.45, 2.75) is 20.4 Å². The number of rotatable bonds is 4. The molecule has 0 spiro atoms. The number of ether oxygens (including phenoxy) is 1. The van der Waals surface area contributed by atoms with E-state index in [0.29, 0.717) is 35.0 Å². The monoisotopic (exact) mass is 451 g/mol. The molecule has 0 bridgehead atoms. The molecule has 3 aromatic rings. The van der Waals surface area contributed by atoms with Crippen LogP contribution in [-0.2, 0) is 18.1 Å². The highest BCUT2D eigenvalue weighted by molar-refractivity contribution is 7.51. The Balaban J connectivity index is 0.000000913. The number of carbonyl (C=O) groups excluding carboxylic acids is 2. The van der Waals surface area contributed by atoms with Crippen LogP contribution in [0.25, 0.3) is 0 Å². The maximum atomic E-state index is 12.8. The van der Waals surface area contributed by atoms with Gasteiger partial charge in [-0.2, -0.15) is 8.42 Å².